The van der Waals surface area contributed by atoms with Crippen molar-refractivity contribution < 1.29 is 19.1 Å². The van der Waals surface area contributed by atoms with E-state index in [1.807, 2.05) is 37.4 Å². The Balaban J connectivity index is 2.17. The van der Waals surface area contributed by atoms with Gasteiger partial charge in [0.2, 0.25) is 12.3 Å². The Morgan fingerprint density at radius 3 is 2.38 bits per heavy atom. The lowest BCUT2D eigenvalue weighted by Gasteiger charge is -2.16. The third-order valence-corrected chi connectivity index (χ3v) is 3.28. The first-order valence-electron chi connectivity index (χ1n) is 8.09. The normalized spacial score (nSPS) is 11.7. The molecule has 0 heterocycles. The zero-order valence-electron chi connectivity index (χ0n) is 14.1. The van der Waals surface area contributed by atoms with Crippen molar-refractivity contribution in [3.8, 4) is 0 Å². The van der Waals surface area contributed by atoms with Crippen LogP contribution in [0.25, 0.3) is 0 Å². The molecular weight excluding hydrogens is 310 g/mol. The van der Waals surface area contributed by atoms with Crippen LogP contribution in [0.3, 0.4) is 0 Å². The highest BCUT2D eigenvalue weighted by molar-refractivity contribution is 5.83. The maximum absolute atomic E-state index is 12.1. The average Bonchev–Trinajstić information content (AvgIpc) is 2.60. The predicted octanol–water partition coefficient (Wildman–Crippen LogP) is -0.287. The fourth-order valence-electron chi connectivity index (χ4n) is 2.03. The van der Waals surface area contributed by atoms with Gasteiger partial charge < -0.3 is 25.4 Å². The summed E-state index contributed by atoms with van der Waals surface area (Å²) in [4.78, 5) is 22.8. The Bertz CT molecular complexity index is 456. The molecule has 0 aliphatic carbocycles. The second kappa shape index (κ2) is 13.5. The molecule has 134 valence electrons. The first kappa shape index (κ1) is 20.1. The number of hydrogen-bond donors (Lipinski definition) is 3. The molecule has 0 bridgehead atoms. The van der Waals surface area contributed by atoms with Crippen molar-refractivity contribution in [3.05, 3.63) is 35.9 Å². The first-order chi connectivity index (χ1) is 11.8. The molecule has 0 aliphatic rings. The van der Waals surface area contributed by atoms with Crippen molar-refractivity contribution in [2.75, 3.05) is 46.6 Å². The van der Waals surface area contributed by atoms with Crippen LogP contribution in [-0.4, -0.2) is 64.9 Å². The smallest absolute Gasteiger partial charge is 0.242 e. The quantitative estimate of drug-likeness (QED) is 0.321. The highest BCUT2D eigenvalue weighted by Crippen LogP contribution is 2.03. The molecule has 1 rings (SSSR count). The predicted molar refractivity (Wildman–Crippen MR) is 91.7 cm³/mol. The van der Waals surface area contributed by atoms with E-state index in [1.165, 1.54) is 0 Å². The number of amides is 2. The van der Waals surface area contributed by atoms with Crippen molar-refractivity contribution >= 4 is 12.3 Å². The highest BCUT2D eigenvalue weighted by atomic mass is 16.5. The summed E-state index contributed by atoms with van der Waals surface area (Å²) in [7, 11) is 1.87. The summed E-state index contributed by atoms with van der Waals surface area (Å²) in [5.74, 6) is -0.222. The summed E-state index contributed by atoms with van der Waals surface area (Å²) in [6, 6.07) is 8.96. The lowest BCUT2D eigenvalue weighted by molar-refractivity contribution is -0.125. The maximum atomic E-state index is 12.1. The van der Waals surface area contributed by atoms with E-state index in [0.29, 0.717) is 45.8 Å². The topological polar surface area (TPSA) is 88.7 Å². The Morgan fingerprint density at radius 1 is 1.08 bits per heavy atom. The molecular formula is C17H27N3O4. The van der Waals surface area contributed by atoms with Crippen LogP contribution in [-0.2, 0) is 25.5 Å². The van der Waals surface area contributed by atoms with E-state index in [-0.39, 0.29) is 5.91 Å². The van der Waals surface area contributed by atoms with Gasteiger partial charge in [-0.1, -0.05) is 30.3 Å². The minimum absolute atomic E-state index is 0.222. The van der Waals surface area contributed by atoms with E-state index in [1.54, 1.807) is 0 Å². The number of carbonyl (C=O) groups excluding carboxylic acids is 2. The maximum Gasteiger partial charge on any atom is 0.242 e. The van der Waals surface area contributed by atoms with Gasteiger partial charge in [0.1, 0.15) is 6.04 Å². The van der Waals surface area contributed by atoms with Gasteiger partial charge in [-0.3, -0.25) is 9.59 Å². The molecule has 2 amide bonds. The van der Waals surface area contributed by atoms with Crippen molar-refractivity contribution in [3.63, 3.8) is 0 Å². The number of hydrogen-bond acceptors (Lipinski definition) is 5. The fraction of sp³-hybridized carbons (Fsp3) is 0.529. The van der Waals surface area contributed by atoms with Crippen LogP contribution in [0.15, 0.2) is 30.3 Å². The summed E-state index contributed by atoms with van der Waals surface area (Å²) in [5, 5.41) is 8.30. The van der Waals surface area contributed by atoms with Gasteiger partial charge in [0.05, 0.1) is 26.4 Å². The van der Waals surface area contributed by atoms with Gasteiger partial charge in [0.25, 0.3) is 0 Å². The van der Waals surface area contributed by atoms with Gasteiger partial charge in [-0.25, -0.2) is 0 Å². The van der Waals surface area contributed by atoms with Crippen LogP contribution < -0.4 is 16.0 Å². The van der Waals surface area contributed by atoms with Crippen molar-refractivity contribution in [1.29, 1.82) is 0 Å². The molecule has 24 heavy (non-hydrogen) atoms. The molecule has 1 aromatic rings. The third-order valence-electron chi connectivity index (χ3n) is 3.28. The lowest BCUT2D eigenvalue weighted by atomic mass is 10.1. The van der Waals surface area contributed by atoms with E-state index in [9.17, 15) is 9.59 Å². The monoisotopic (exact) mass is 337 g/mol. The number of carbonyl (C=O) groups is 2. The van der Waals surface area contributed by atoms with Crippen LogP contribution in [0, 0.1) is 0 Å². The number of likely N-dealkylation sites (N-methyl/N-ethyl adjacent to an activating group) is 1. The van der Waals surface area contributed by atoms with Crippen LogP contribution in [0.2, 0.25) is 0 Å². The second-order valence-corrected chi connectivity index (χ2v) is 5.15. The van der Waals surface area contributed by atoms with Crippen molar-refractivity contribution in [2.45, 2.75) is 12.5 Å². The minimum atomic E-state index is -0.588. The zero-order valence-corrected chi connectivity index (χ0v) is 14.1. The summed E-state index contributed by atoms with van der Waals surface area (Å²) < 4.78 is 10.7. The standard InChI is InChI=1S/C17H27N3O4/c1-18-7-9-23-11-12-24-10-8-19-17(22)16(20-14-21)13-15-5-3-2-4-6-15/h2-6,14,16,18H,7-13H2,1H3,(H,19,22)(H,20,21). The zero-order chi connectivity index (χ0) is 17.5. The van der Waals surface area contributed by atoms with E-state index in [4.69, 9.17) is 9.47 Å². The first-order valence-corrected chi connectivity index (χ1v) is 8.09. The van der Waals surface area contributed by atoms with E-state index in [0.717, 1.165) is 12.1 Å². The van der Waals surface area contributed by atoms with Gasteiger partial charge >= 0.3 is 0 Å². The average molecular weight is 337 g/mol. The fourth-order valence-corrected chi connectivity index (χ4v) is 2.03. The third kappa shape index (κ3) is 9.24. The number of nitrogens with one attached hydrogen (secondary N) is 3. The van der Waals surface area contributed by atoms with Crippen LogP contribution >= 0.6 is 0 Å². The molecule has 1 unspecified atom stereocenters. The number of rotatable bonds is 14. The van der Waals surface area contributed by atoms with Crippen molar-refractivity contribution in [1.82, 2.24) is 16.0 Å². The molecule has 7 heteroatoms. The van der Waals surface area contributed by atoms with Crippen LogP contribution in [0.1, 0.15) is 5.56 Å². The Hall–Kier alpha value is -1.96. The summed E-state index contributed by atoms with van der Waals surface area (Å²) in [5.41, 5.74) is 0.988. The van der Waals surface area contributed by atoms with Crippen LogP contribution in [0.4, 0.5) is 0 Å². The summed E-state index contributed by atoms with van der Waals surface area (Å²) >= 11 is 0. The Labute approximate surface area is 143 Å². The Kier molecular flexibility index (Phi) is 11.3. The van der Waals surface area contributed by atoms with E-state index >= 15 is 0 Å². The minimum Gasteiger partial charge on any atom is -0.378 e. The Morgan fingerprint density at radius 2 is 1.75 bits per heavy atom. The largest absolute Gasteiger partial charge is 0.378 e. The molecule has 0 saturated heterocycles. The molecule has 3 N–H and O–H groups in total. The lowest BCUT2D eigenvalue weighted by Crippen LogP contribution is -2.46. The number of benzene rings is 1. The molecule has 1 aromatic carbocycles. The van der Waals surface area contributed by atoms with Gasteiger partial charge in [-0.15, -0.1) is 0 Å². The second-order valence-electron chi connectivity index (χ2n) is 5.15. The van der Waals surface area contributed by atoms with E-state index in [2.05, 4.69) is 16.0 Å². The highest BCUT2D eigenvalue weighted by Gasteiger charge is 2.17. The van der Waals surface area contributed by atoms with Gasteiger partial charge in [-0.05, 0) is 12.6 Å². The molecule has 0 radical (unpaired) electrons. The summed E-state index contributed by atoms with van der Waals surface area (Å²) in [6.45, 7) is 3.26. The van der Waals surface area contributed by atoms with Gasteiger partial charge in [0, 0.05) is 19.5 Å². The van der Waals surface area contributed by atoms with Gasteiger partial charge in [0.15, 0.2) is 0 Å². The molecule has 1 atom stereocenters. The van der Waals surface area contributed by atoms with Crippen molar-refractivity contribution in [2.24, 2.45) is 0 Å². The SMILES string of the molecule is CNCCOCCOCCNC(=O)C(Cc1ccccc1)NC=O. The van der Waals surface area contributed by atoms with Crippen LogP contribution in [0.5, 0.6) is 0 Å². The van der Waals surface area contributed by atoms with E-state index < -0.39 is 6.04 Å². The molecule has 0 fully saturated rings. The molecule has 7 nitrogen and oxygen atoms in total. The molecule has 0 spiro atoms. The van der Waals surface area contributed by atoms with Gasteiger partial charge in [-0.2, -0.15) is 0 Å². The molecule has 0 aliphatic heterocycles. The summed E-state index contributed by atoms with van der Waals surface area (Å²) in [6.07, 6.45) is 0.998. The molecule has 0 aromatic heterocycles. The number of ether oxygens (including phenoxy) is 2. The molecule has 0 saturated carbocycles.